The van der Waals surface area contributed by atoms with Crippen LogP contribution in [0.2, 0.25) is 5.02 Å². The summed E-state index contributed by atoms with van der Waals surface area (Å²) < 4.78 is 0.884. The molecule has 5 heteroatoms. The van der Waals surface area contributed by atoms with E-state index < -0.39 is 0 Å². The van der Waals surface area contributed by atoms with Gasteiger partial charge in [0.25, 0.3) is 0 Å². The van der Waals surface area contributed by atoms with E-state index in [2.05, 4.69) is 20.9 Å². The fourth-order valence-electron chi connectivity index (χ4n) is 1.43. The molecule has 0 amide bonds. The largest absolute Gasteiger partial charge is 0.396 e. The molecular formula is C11H16BrClN2O. The molecule has 1 aromatic heterocycles. The van der Waals surface area contributed by atoms with Gasteiger partial charge in [0.05, 0.1) is 5.02 Å². The number of aliphatic hydroxyl groups is 1. The number of unbranched alkanes of at least 4 members (excludes halogenated alkanes) is 2. The molecule has 1 heterocycles. The van der Waals surface area contributed by atoms with Gasteiger partial charge in [0.15, 0.2) is 0 Å². The van der Waals surface area contributed by atoms with Crippen LogP contribution < -0.4 is 4.90 Å². The standard InChI is InChI=1S/C11H16BrClN2O/c1-15(5-3-2-4-6-16)11-10(13)7-9(12)8-14-11/h7-8,16H,2-6H2,1H3. The quantitative estimate of drug-likeness (QED) is 0.821. The van der Waals surface area contributed by atoms with E-state index in [9.17, 15) is 0 Å². The molecule has 1 rings (SSSR count). The average molecular weight is 308 g/mol. The van der Waals surface area contributed by atoms with Crippen molar-refractivity contribution in [2.24, 2.45) is 0 Å². The summed E-state index contributed by atoms with van der Waals surface area (Å²) in [4.78, 5) is 6.31. The predicted molar refractivity (Wildman–Crippen MR) is 71.2 cm³/mol. The maximum atomic E-state index is 8.67. The molecule has 3 nitrogen and oxygen atoms in total. The first-order valence-corrected chi connectivity index (χ1v) is 6.45. The Kier molecular flexibility index (Phi) is 6.09. The molecule has 0 aromatic carbocycles. The SMILES string of the molecule is CN(CCCCCO)c1ncc(Br)cc1Cl. The second kappa shape index (κ2) is 7.09. The van der Waals surface area contributed by atoms with E-state index in [0.29, 0.717) is 5.02 Å². The van der Waals surface area contributed by atoms with Crippen LogP contribution in [0.3, 0.4) is 0 Å². The summed E-state index contributed by atoms with van der Waals surface area (Å²) in [7, 11) is 1.97. The van der Waals surface area contributed by atoms with Gasteiger partial charge < -0.3 is 10.0 Å². The van der Waals surface area contributed by atoms with Crippen molar-refractivity contribution < 1.29 is 5.11 Å². The highest BCUT2D eigenvalue weighted by molar-refractivity contribution is 9.10. The highest BCUT2D eigenvalue weighted by Gasteiger charge is 2.07. The molecular weight excluding hydrogens is 291 g/mol. The molecule has 0 spiro atoms. The first-order valence-electron chi connectivity index (χ1n) is 5.28. The zero-order valence-electron chi connectivity index (χ0n) is 9.29. The van der Waals surface area contributed by atoms with Gasteiger partial charge >= 0.3 is 0 Å². The Morgan fingerprint density at radius 2 is 2.19 bits per heavy atom. The smallest absolute Gasteiger partial charge is 0.147 e. The second-order valence-corrected chi connectivity index (χ2v) is 4.99. The molecule has 0 aliphatic rings. The molecule has 90 valence electrons. The topological polar surface area (TPSA) is 36.4 Å². The fourth-order valence-corrected chi connectivity index (χ4v) is 2.21. The molecule has 1 aromatic rings. The molecule has 0 saturated heterocycles. The van der Waals surface area contributed by atoms with Crippen molar-refractivity contribution in [3.63, 3.8) is 0 Å². The second-order valence-electron chi connectivity index (χ2n) is 3.66. The van der Waals surface area contributed by atoms with Crippen LogP contribution in [0, 0.1) is 0 Å². The lowest BCUT2D eigenvalue weighted by Gasteiger charge is -2.19. The summed E-state index contributed by atoms with van der Waals surface area (Å²) in [6.45, 7) is 1.16. The maximum absolute atomic E-state index is 8.67. The number of anilines is 1. The highest BCUT2D eigenvalue weighted by atomic mass is 79.9. The van der Waals surface area contributed by atoms with Gasteiger partial charge in [0.2, 0.25) is 0 Å². The van der Waals surface area contributed by atoms with Gasteiger partial charge in [-0.15, -0.1) is 0 Å². The number of hydrogen-bond acceptors (Lipinski definition) is 3. The lowest BCUT2D eigenvalue weighted by atomic mass is 10.2. The van der Waals surface area contributed by atoms with Crippen LogP contribution in [0.1, 0.15) is 19.3 Å². The summed E-state index contributed by atoms with van der Waals surface area (Å²) >= 11 is 9.42. The Morgan fingerprint density at radius 3 is 2.81 bits per heavy atom. The van der Waals surface area contributed by atoms with Crippen molar-refractivity contribution in [3.8, 4) is 0 Å². The predicted octanol–water partition coefficient (Wildman–Crippen LogP) is 3.10. The molecule has 0 fully saturated rings. The van der Waals surface area contributed by atoms with Crippen molar-refractivity contribution in [3.05, 3.63) is 21.8 Å². The van der Waals surface area contributed by atoms with E-state index in [1.54, 1.807) is 6.20 Å². The third kappa shape index (κ3) is 4.28. The number of aromatic nitrogens is 1. The van der Waals surface area contributed by atoms with Gasteiger partial charge in [0.1, 0.15) is 5.82 Å². The van der Waals surface area contributed by atoms with E-state index in [1.807, 2.05) is 18.0 Å². The molecule has 0 saturated carbocycles. The summed E-state index contributed by atoms with van der Waals surface area (Å²) in [6.07, 6.45) is 4.65. The molecule has 0 unspecified atom stereocenters. The summed E-state index contributed by atoms with van der Waals surface area (Å²) in [6, 6.07) is 1.84. The fraction of sp³-hybridized carbons (Fsp3) is 0.545. The molecule has 0 aliphatic carbocycles. The number of halogens is 2. The number of nitrogens with zero attached hydrogens (tertiary/aromatic N) is 2. The van der Waals surface area contributed by atoms with Gasteiger partial charge in [-0.05, 0) is 41.3 Å². The lowest BCUT2D eigenvalue weighted by molar-refractivity contribution is 0.283. The van der Waals surface area contributed by atoms with E-state index in [0.717, 1.165) is 36.1 Å². The van der Waals surface area contributed by atoms with Crippen LogP contribution >= 0.6 is 27.5 Å². The minimum atomic E-state index is 0.265. The molecule has 16 heavy (non-hydrogen) atoms. The minimum Gasteiger partial charge on any atom is -0.396 e. The minimum absolute atomic E-state index is 0.265. The zero-order chi connectivity index (χ0) is 12.0. The first-order chi connectivity index (χ1) is 7.65. The van der Waals surface area contributed by atoms with Gasteiger partial charge in [-0.3, -0.25) is 0 Å². The Labute approximate surface area is 110 Å². The molecule has 1 N–H and O–H groups in total. The molecule has 0 radical (unpaired) electrons. The first kappa shape index (κ1) is 13.7. The van der Waals surface area contributed by atoms with Crippen LogP contribution in [-0.4, -0.2) is 30.3 Å². The molecule has 0 aliphatic heterocycles. The number of hydrogen-bond donors (Lipinski definition) is 1. The van der Waals surface area contributed by atoms with E-state index in [4.69, 9.17) is 16.7 Å². The third-order valence-corrected chi connectivity index (χ3v) is 3.01. The van der Waals surface area contributed by atoms with Gasteiger partial charge in [-0.25, -0.2) is 4.98 Å². The van der Waals surface area contributed by atoms with Crippen molar-refractivity contribution >= 4 is 33.3 Å². The lowest BCUT2D eigenvalue weighted by Crippen LogP contribution is -2.20. The Balaban J connectivity index is 2.49. The van der Waals surface area contributed by atoms with Crippen molar-refractivity contribution in [2.75, 3.05) is 25.1 Å². The molecule has 0 bridgehead atoms. The van der Waals surface area contributed by atoms with E-state index in [1.165, 1.54) is 0 Å². The number of rotatable bonds is 6. The van der Waals surface area contributed by atoms with Crippen molar-refractivity contribution in [2.45, 2.75) is 19.3 Å². The van der Waals surface area contributed by atoms with Crippen LogP contribution in [0.25, 0.3) is 0 Å². The summed E-state index contributed by atoms with van der Waals surface area (Å²) in [5.41, 5.74) is 0. The van der Waals surface area contributed by atoms with E-state index >= 15 is 0 Å². The van der Waals surface area contributed by atoms with Gasteiger partial charge in [0, 0.05) is 30.9 Å². The Morgan fingerprint density at radius 1 is 1.44 bits per heavy atom. The van der Waals surface area contributed by atoms with Crippen LogP contribution in [0.4, 0.5) is 5.82 Å². The van der Waals surface area contributed by atoms with Gasteiger partial charge in [-0.1, -0.05) is 11.6 Å². The van der Waals surface area contributed by atoms with Crippen molar-refractivity contribution in [1.82, 2.24) is 4.98 Å². The molecule has 0 atom stereocenters. The summed E-state index contributed by atoms with van der Waals surface area (Å²) in [5, 5.41) is 9.32. The van der Waals surface area contributed by atoms with E-state index in [-0.39, 0.29) is 6.61 Å². The number of pyridine rings is 1. The monoisotopic (exact) mass is 306 g/mol. The average Bonchev–Trinajstić information content (AvgIpc) is 2.24. The Hall–Kier alpha value is -0.320. The zero-order valence-corrected chi connectivity index (χ0v) is 11.6. The van der Waals surface area contributed by atoms with Crippen LogP contribution in [0.5, 0.6) is 0 Å². The van der Waals surface area contributed by atoms with Gasteiger partial charge in [-0.2, -0.15) is 0 Å². The number of aliphatic hydroxyl groups excluding tert-OH is 1. The van der Waals surface area contributed by atoms with Crippen molar-refractivity contribution in [1.29, 1.82) is 0 Å². The van der Waals surface area contributed by atoms with Crippen LogP contribution in [0.15, 0.2) is 16.7 Å². The highest BCUT2D eigenvalue weighted by Crippen LogP contribution is 2.25. The van der Waals surface area contributed by atoms with Crippen LogP contribution in [-0.2, 0) is 0 Å². The maximum Gasteiger partial charge on any atom is 0.147 e. The Bertz CT molecular complexity index is 336. The summed E-state index contributed by atoms with van der Waals surface area (Å²) in [5.74, 6) is 0.800. The normalized spacial score (nSPS) is 10.5. The third-order valence-electron chi connectivity index (χ3n) is 2.30.